The van der Waals surface area contributed by atoms with Crippen LogP contribution in [-0.2, 0) is 6.42 Å². The number of aliphatic hydroxyl groups is 1. The van der Waals surface area contributed by atoms with E-state index in [-0.39, 0.29) is 6.10 Å². The number of hydrogen-bond acceptors (Lipinski definition) is 1. The van der Waals surface area contributed by atoms with E-state index in [9.17, 15) is 5.11 Å². The van der Waals surface area contributed by atoms with Gasteiger partial charge in [-0.3, -0.25) is 0 Å². The highest BCUT2D eigenvalue weighted by Crippen LogP contribution is 2.30. The van der Waals surface area contributed by atoms with E-state index in [1.54, 1.807) is 0 Å². The summed E-state index contributed by atoms with van der Waals surface area (Å²) in [6.07, 6.45) is 4.18. The second-order valence-electron chi connectivity index (χ2n) is 5.18. The summed E-state index contributed by atoms with van der Waals surface area (Å²) in [5, 5.41) is 12.3. The monoisotopic (exact) mass is 226 g/mol. The van der Waals surface area contributed by atoms with Crippen molar-refractivity contribution >= 4 is 10.8 Å². The molecule has 3 rings (SSSR count). The van der Waals surface area contributed by atoms with Gasteiger partial charge in [0.2, 0.25) is 0 Å². The molecule has 17 heavy (non-hydrogen) atoms. The van der Waals surface area contributed by atoms with Gasteiger partial charge in [-0.05, 0) is 47.9 Å². The largest absolute Gasteiger partial charge is 0.393 e. The van der Waals surface area contributed by atoms with Crippen LogP contribution < -0.4 is 0 Å². The lowest BCUT2D eigenvalue weighted by Gasteiger charge is -2.11. The molecule has 2 unspecified atom stereocenters. The molecule has 0 aliphatic heterocycles. The second-order valence-corrected chi connectivity index (χ2v) is 5.18. The first-order chi connectivity index (χ1) is 8.33. The van der Waals surface area contributed by atoms with Gasteiger partial charge in [0.15, 0.2) is 0 Å². The molecule has 0 radical (unpaired) electrons. The number of fused-ring (bicyclic) bond motifs is 1. The van der Waals surface area contributed by atoms with Crippen LogP contribution in [0.1, 0.15) is 24.8 Å². The molecule has 2 atom stereocenters. The minimum absolute atomic E-state index is 0.0602. The Balaban J connectivity index is 1.90. The van der Waals surface area contributed by atoms with Crippen molar-refractivity contribution in [3.05, 3.63) is 48.0 Å². The third-order valence-corrected chi connectivity index (χ3v) is 3.90. The molecular formula is C16H18O. The third-order valence-electron chi connectivity index (χ3n) is 3.90. The Bertz CT molecular complexity index is 512. The molecule has 0 aromatic heterocycles. The van der Waals surface area contributed by atoms with Crippen molar-refractivity contribution in [1.29, 1.82) is 0 Å². The first-order valence-electron chi connectivity index (χ1n) is 6.47. The summed E-state index contributed by atoms with van der Waals surface area (Å²) in [6, 6.07) is 15.1. The van der Waals surface area contributed by atoms with Crippen molar-refractivity contribution in [2.75, 3.05) is 0 Å². The summed E-state index contributed by atoms with van der Waals surface area (Å²) in [5.74, 6) is 0.663. The van der Waals surface area contributed by atoms with E-state index in [0.29, 0.717) is 5.92 Å². The summed E-state index contributed by atoms with van der Waals surface area (Å²) in [5.41, 5.74) is 1.43. The Kier molecular flexibility index (Phi) is 2.86. The van der Waals surface area contributed by atoms with Crippen molar-refractivity contribution in [3.63, 3.8) is 0 Å². The number of aliphatic hydroxyl groups excluding tert-OH is 1. The number of hydrogen-bond donors (Lipinski definition) is 1. The molecule has 1 aliphatic rings. The zero-order valence-electron chi connectivity index (χ0n) is 9.97. The maximum absolute atomic E-state index is 9.59. The van der Waals surface area contributed by atoms with Gasteiger partial charge in [0, 0.05) is 0 Å². The van der Waals surface area contributed by atoms with Crippen LogP contribution in [0.5, 0.6) is 0 Å². The quantitative estimate of drug-likeness (QED) is 0.830. The van der Waals surface area contributed by atoms with Crippen LogP contribution in [0.3, 0.4) is 0 Å². The fraction of sp³-hybridized carbons (Fsp3) is 0.375. The summed E-state index contributed by atoms with van der Waals surface area (Å²) in [7, 11) is 0. The Morgan fingerprint density at radius 2 is 1.82 bits per heavy atom. The summed E-state index contributed by atoms with van der Waals surface area (Å²) in [4.78, 5) is 0. The molecule has 2 aromatic rings. The first-order valence-corrected chi connectivity index (χ1v) is 6.47. The van der Waals surface area contributed by atoms with Crippen LogP contribution in [0, 0.1) is 5.92 Å². The highest BCUT2D eigenvalue weighted by molar-refractivity contribution is 5.85. The Morgan fingerprint density at radius 1 is 1.00 bits per heavy atom. The van der Waals surface area contributed by atoms with Crippen LogP contribution in [0.2, 0.25) is 0 Å². The fourth-order valence-electron chi connectivity index (χ4n) is 3.02. The predicted molar refractivity (Wildman–Crippen MR) is 71.0 cm³/mol. The second kappa shape index (κ2) is 4.50. The van der Waals surface area contributed by atoms with E-state index in [2.05, 4.69) is 42.5 Å². The van der Waals surface area contributed by atoms with Crippen LogP contribution in [0.4, 0.5) is 0 Å². The SMILES string of the molecule is OC1CCC(Cc2cccc3ccccc23)C1. The highest BCUT2D eigenvalue weighted by atomic mass is 16.3. The van der Waals surface area contributed by atoms with Crippen LogP contribution in [0.25, 0.3) is 10.8 Å². The molecular weight excluding hydrogens is 208 g/mol. The molecule has 0 spiro atoms. The summed E-state index contributed by atoms with van der Waals surface area (Å²) >= 11 is 0. The van der Waals surface area contributed by atoms with Gasteiger partial charge in [0.05, 0.1) is 6.10 Å². The molecule has 1 saturated carbocycles. The Hall–Kier alpha value is -1.34. The van der Waals surface area contributed by atoms with Crippen molar-refractivity contribution in [2.24, 2.45) is 5.92 Å². The molecule has 0 amide bonds. The lowest BCUT2D eigenvalue weighted by molar-refractivity contribution is 0.177. The van der Waals surface area contributed by atoms with Crippen LogP contribution in [0.15, 0.2) is 42.5 Å². The van der Waals surface area contributed by atoms with Gasteiger partial charge in [0.1, 0.15) is 0 Å². The molecule has 88 valence electrons. The van der Waals surface area contributed by atoms with Gasteiger partial charge in [-0.1, -0.05) is 42.5 Å². The van der Waals surface area contributed by atoms with Crippen molar-refractivity contribution in [2.45, 2.75) is 31.8 Å². The van der Waals surface area contributed by atoms with E-state index in [1.165, 1.54) is 22.8 Å². The fourth-order valence-corrected chi connectivity index (χ4v) is 3.02. The molecule has 0 bridgehead atoms. The van der Waals surface area contributed by atoms with Gasteiger partial charge < -0.3 is 5.11 Å². The molecule has 1 N–H and O–H groups in total. The highest BCUT2D eigenvalue weighted by Gasteiger charge is 2.23. The van der Waals surface area contributed by atoms with Gasteiger partial charge >= 0.3 is 0 Å². The van der Waals surface area contributed by atoms with Gasteiger partial charge in [-0.15, -0.1) is 0 Å². The number of rotatable bonds is 2. The van der Waals surface area contributed by atoms with Gasteiger partial charge in [0.25, 0.3) is 0 Å². The van der Waals surface area contributed by atoms with E-state index in [0.717, 1.165) is 19.3 Å². The minimum Gasteiger partial charge on any atom is -0.393 e. The molecule has 2 aromatic carbocycles. The van der Waals surface area contributed by atoms with Crippen molar-refractivity contribution in [3.8, 4) is 0 Å². The van der Waals surface area contributed by atoms with Gasteiger partial charge in [-0.25, -0.2) is 0 Å². The topological polar surface area (TPSA) is 20.2 Å². The van der Waals surface area contributed by atoms with Crippen molar-refractivity contribution < 1.29 is 5.11 Å². The molecule has 1 aliphatic carbocycles. The average molecular weight is 226 g/mol. The Morgan fingerprint density at radius 3 is 2.65 bits per heavy atom. The first kappa shape index (κ1) is 10.8. The molecule has 0 saturated heterocycles. The number of benzene rings is 2. The zero-order chi connectivity index (χ0) is 11.7. The van der Waals surface area contributed by atoms with Crippen LogP contribution in [-0.4, -0.2) is 11.2 Å². The standard InChI is InChI=1S/C16H18O/c17-15-9-8-12(11-15)10-14-6-3-5-13-4-1-2-7-16(13)14/h1-7,12,15,17H,8-11H2. The lowest BCUT2D eigenvalue weighted by atomic mass is 9.94. The third kappa shape index (κ3) is 2.20. The maximum Gasteiger partial charge on any atom is 0.0543 e. The molecule has 0 heterocycles. The zero-order valence-corrected chi connectivity index (χ0v) is 9.97. The van der Waals surface area contributed by atoms with E-state index >= 15 is 0 Å². The predicted octanol–water partition coefficient (Wildman–Crippen LogP) is 3.54. The van der Waals surface area contributed by atoms with Crippen LogP contribution >= 0.6 is 0 Å². The normalized spacial score (nSPS) is 24.3. The summed E-state index contributed by atoms with van der Waals surface area (Å²) < 4.78 is 0. The summed E-state index contributed by atoms with van der Waals surface area (Å²) in [6.45, 7) is 0. The van der Waals surface area contributed by atoms with Gasteiger partial charge in [-0.2, -0.15) is 0 Å². The smallest absolute Gasteiger partial charge is 0.0543 e. The molecule has 1 nitrogen and oxygen atoms in total. The Labute approximate surface area is 102 Å². The molecule has 1 heteroatoms. The van der Waals surface area contributed by atoms with Crippen molar-refractivity contribution in [1.82, 2.24) is 0 Å². The molecule has 1 fully saturated rings. The average Bonchev–Trinajstić information content (AvgIpc) is 2.75. The van der Waals surface area contributed by atoms with E-state index < -0.39 is 0 Å². The lowest BCUT2D eigenvalue weighted by Crippen LogP contribution is -2.03. The van der Waals surface area contributed by atoms with E-state index in [1.807, 2.05) is 0 Å². The van der Waals surface area contributed by atoms with E-state index in [4.69, 9.17) is 0 Å². The maximum atomic E-state index is 9.59. The minimum atomic E-state index is -0.0602.